The van der Waals surface area contributed by atoms with E-state index in [1.165, 1.54) is 38.5 Å². The molecular formula is C14H29N. The van der Waals surface area contributed by atoms with Crippen molar-refractivity contribution < 1.29 is 0 Å². The van der Waals surface area contributed by atoms with Crippen LogP contribution in [-0.2, 0) is 0 Å². The van der Waals surface area contributed by atoms with Gasteiger partial charge in [0.2, 0.25) is 0 Å². The highest BCUT2D eigenvalue weighted by molar-refractivity contribution is 4.76. The number of hydrogen-bond acceptors (Lipinski definition) is 1. The summed E-state index contributed by atoms with van der Waals surface area (Å²) in [6.07, 6.45) is 15.4. The van der Waals surface area contributed by atoms with E-state index in [1.54, 1.807) is 25.7 Å². The summed E-state index contributed by atoms with van der Waals surface area (Å²) in [5.74, 6) is 2.28. The molecule has 2 aliphatic carbocycles. The van der Waals surface area contributed by atoms with Crippen LogP contribution in [0.4, 0.5) is 0 Å². The Kier molecular flexibility index (Phi) is 7.08. The molecule has 2 rings (SSSR count). The fourth-order valence-corrected chi connectivity index (χ4v) is 3.21. The van der Waals surface area contributed by atoms with Crippen molar-refractivity contribution in [3.05, 3.63) is 0 Å². The summed E-state index contributed by atoms with van der Waals surface area (Å²) in [7, 11) is 0. The van der Waals surface area contributed by atoms with Gasteiger partial charge in [-0.05, 0) is 18.4 Å². The maximum Gasteiger partial charge on any atom is -0.0106 e. The van der Waals surface area contributed by atoms with Crippen LogP contribution in [0.5, 0.6) is 0 Å². The van der Waals surface area contributed by atoms with Crippen LogP contribution in [0.15, 0.2) is 0 Å². The summed E-state index contributed by atoms with van der Waals surface area (Å²) in [6.45, 7) is 2.65. The first-order valence-electron chi connectivity index (χ1n) is 7.08. The van der Waals surface area contributed by atoms with E-state index in [-0.39, 0.29) is 0 Å². The molecule has 0 bridgehead atoms. The van der Waals surface area contributed by atoms with E-state index in [9.17, 15) is 0 Å². The number of hydrogen-bond donors (Lipinski definition) is 1. The SMILES string of the molecule is C1CCC(C2CCCCC2)CC1.CCN. The van der Waals surface area contributed by atoms with E-state index in [1.807, 2.05) is 6.92 Å². The van der Waals surface area contributed by atoms with Crippen molar-refractivity contribution in [2.75, 3.05) is 6.54 Å². The molecule has 1 nitrogen and oxygen atoms in total. The van der Waals surface area contributed by atoms with Crippen LogP contribution in [0.3, 0.4) is 0 Å². The lowest BCUT2D eigenvalue weighted by Crippen LogP contribution is -2.20. The van der Waals surface area contributed by atoms with Gasteiger partial charge in [-0.1, -0.05) is 71.1 Å². The normalized spacial score (nSPS) is 24.4. The van der Waals surface area contributed by atoms with Crippen LogP contribution < -0.4 is 5.73 Å². The first-order valence-corrected chi connectivity index (χ1v) is 7.08. The molecule has 2 aliphatic rings. The molecule has 15 heavy (non-hydrogen) atoms. The van der Waals surface area contributed by atoms with Crippen molar-refractivity contribution in [2.24, 2.45) is 17.6 Å². The molecule has 0 saturated heterocycles. The zero-order valence-electron chi connectivity index (χ0n) is 10.5. The molecule has 1 heteroatoms. The van der Waals surface area contributed by atoms with Gasteiger partial charge < -0.3 is 5.73 Å². The van der Waals surface area contributed by atoms with Crippen LogP contribution in [0.1, 0.15) is 71.1 Å². The first-order chi connectivity index (χ1) is 7.38. The number of rotatable bonds is 1. The zero-order valence-corrected chi connectivity index (χ0v) is 10.5. The van der Waals surface area contributed by atoms with Crippen molar-refractivity contribution in [2.45, 2.75) is 71.1 Å². The van der Waals surface area contributed by atoms with Gasteiger partial charge >= 0.3 is 0 Å². The Morgan fingerprint density at radius 1 is 0.733 bits per heavy atom. The third-order valence-corrected chi connectivity index (χ3v) is 3.97. The minimum Gasteiger partial charge on any atom is -0.331 e. The molecule has 0 aromatic rings. The second kappa shape index (κ2) is 8.15. The quantitative estimate of drug-likeness (QED) is 0.694. The molecule has 0 aromatic heterocycles. The molecule has 2 fully saturated rings. The summed E-state index contributed by atoms with van der Waals surface area (Å²) in [4.78, 5) is 0. The van der Waals surface area contributed by atoms with Crippen molar-refractivity contribution in [3.63, 3.8) is 0 Å². The molecule has 0 atom stereocenters. The smallest absolute Gasteiger partial charge is 0.0106 e. The molecule has 0 radical (unpaired) electrons. The van der Waals surface area contributed by atoms with Crippen molar-refractivity contribution in [1.82, 2.24) is 0 Å². The summed E-state index contributed by atoms with van der Waals surface area (Å²) in [5.41, 5.74) is 4.85. The first kappa shape index (κ1) is 13.0. The van der Waals surface area contributed by atoms with E-state index in [0.717, 1.165) is 18.4 Å². The Labute approximate surface area is 95.8 Å². The van der Waals surface area contributed by atoms with E-state index in [0.29, 0.717) is 0 Å². The Balaban J connectivity index is 0.000000337. The largest absolute Gasteiger partial charge is 0.331 e. The van der Waals surface area contributed by atoms with Gasteiger partial charge in [-0.25, -0.2) is 0 Å². The average molecular weight is 211 g/mol. The molecule has 0 heterocycles. The van der Waals surface area contributed by atoms with Gasteiger partial charge in [-0.3, -0.25) is 0 Å². The van der Waals surface area contributed by atoms with Crippen molar-refractivity contribution in [1.29, 1.82) is 0 Å². The Hall–Kier alpha value is -0.0400. The third kappa shape index (κ3) is 5.01. The van der Waals surface area contributed by atoms with Crippen LogP contribution in [0, 0.1) is 11.8 Å². The predicted octanol–water partition coefficient (Wildman–Crippen LogP) is 4.11. The molecule has 0 spiro atoms. The summed E-state index contributed by atoms with van der Waals surface area (Å²) in [6, 6.07) is 0. The Morgan fingerprint density at radius 2 is 1.00 bits per heavy atom. The maximum atomic E-state index is 4.85. The molecular weight excluding hydrogens is 182 g/mol. The lowest BCUT2D eigenvalue weighted by molar-refractivity contribution is 0.196. The highest BCUT2D eigenvalue weighted by atomic mass is 14.5. The lowest BCUT2D eigenvalue weighted by Gasteiger charge is -2.32. The van der Waals surface area contributed by atoms with Gasteiger partial charge in [0, 0.05) is 0 Å². The van der Waals surface area contributed by atoms with Gasteiger partial charge in [0.15, 0.2) is 0 Å². The van der Waals surface area contributed by atoms with E-state index < -0.39 is 0 Å². The Bertz CT molecular complexity index is 116. The van der Waals surface area contributed by atoms with Crippen LogP contribution in [0.25, 0.3) is 0 Å². The molecule has 90 valence electrons. The van der Waals surface area contributed by atoms with Crippen molar-refractivity contribution in [3.8, 4) is 0 Å². The second-order valence-corrected chi connectivity index (χ2v) is 5.20. The van der Waals surface area contributed by atoms with Gasteiger partial charge in [0.05, 0.1) is 0 Å². The van der Waals surface area contributed by atoms with Crippen molar-refractivity contribution >= 4 is 0 Å². The minimum absolute atomic E-state index is 0.750. The van der Waals surface area contributed by atoms with E-state index in [2.05, 4.69) is 0 Å². The van der Waals surface area contributed by atoms with Gasteiger partial charge in [-0.15, -0.1) is 0 Å². The summed E-state index contributed by atoms with van der Waals surface area (Å²) >= 11 is 0. The summed E-state index contributed by atoms with van der Waals surface area (Å²) < 4.78 is 0. The molecule has 0 unspecified atom stereocenters. The highest BCUT2D eigenvalue weighted by Crippen LogP contribution is 2.37. The van der Waals surface area contributed by atoms with Crippen LogP contribution in [0.2, 0.25) is 0 Å². The maximum absolute atomic E-state index is 4.85. The number of nitrogens with two attached hydrogens (primary N) is 1. The van der Waals surface area contributed by atoms with E-state index >= 15 is 0 Å². The zero-order chi connectivity index (χ0) is 10.9. The summed E-state index contributed by atoms with van der Waals surface area (Å²) in [5, 5.41) is 0. The van der Waals surface area contributed by atoms with Gasteiger partial charge in [0.25, 0.3) is 0 Å². The van der Waals surface area contributed by atoms with Crippen LogP contribution >= 0.6 is 0 Å². The fraction of sp³-hybridized carbons (Fsp3) is 1.00. The highest BCUT2D eigenvalue weighted by Gasteiger charge is 2.24. The Morgan fingerprint density at radius 3 is 1.27 bits per heavy atom. The molecule has 0 aliphatic heterocycles. The topological polar surface area (TPSA) is 26.0 Å². The predicted molar refractivity (Wildman–Crippen MR) is 67.9 cm³/mol. The van der Waals surface area contributed by atoms with E-state index in [4.69, 9.17) is 5.73 Å². The van der Waals surface area contributed by atoms with Crippen LogP contribution in [-0.4, -0.2) is 6.54 Å². The standard InChI is InChI=1S/C12H22.C2H7N/c1-3-7-11(8-4-1)12-9-5-2-6-10-12;1-2-3/h11-12H,1-10H2;2-3H2,1H3. The second-order valence-electron chi connectivity index (χ2n) is 5.20. The fourth-order valence-electron chi connectivity index (χ4n) is 3.21. The molecule has 0 aromatic carbocycles. The molecule has 0 amide bonds. The third-order valence-electron chi connectivity index (χ3n) is 3.97. The lowest BCUT2D eigenvalue weighted by atomic mass is 9.73. The minimum atomic E-state index is 0.750. The monoisotopic (exact) mass is 211 g/mol. The van der Waals surface area contributed by atoms with Gasteiger partial charge in [-0.2, -0.15) is 0 Å². The molecule has 2 N–H and O–H groups in total. The molecule has 2 saturated carbocycles. The average Bonchev–Trinajstić information content (AvgIpc) is 2.32. The van der Waals surface area contributed by atoms with Gasteiger partial charge in [0.1, 0.15) is 0 Å².